The third-order valence-electron chi connectivity index (χ3n) is 4.52. The van der Waals surface area contributed by atoms with E-state index in [-0.39, 0.29) is 18.0 Å². The Balaban J connectivity index is 1.55. The molecule has 142 valence electrons. The summed E-state index contributed by atoms with van der Waals surface area (Å²) in [5.74, 6) is 0.634. The molecule has 2 aromatic carbocycles. The van der Waals surface area contributed by atoms with Crippen LogP contribution in [0.5, 0.6) is 5.75 Å². The van der Waals surface area contributed by atoms with Gasteiger partial charge in [0, 0.05) is 32.1 Å². The SMILES string of the molecule is CN(CCOc1cccc(Cl)c1)C(=O)CCn1c(=O)n(C)c2ccccc21. The van der Waals surface area contributed by atoms with Gasteiger partial charge >= 0.3 is 5.69 Å². The van der Waals surface area contributed by atoms with Crippen molar-refractivity contribution in [1.29, 1.82) is 0 Å². The molecule has 0 aliphatic carbocycles. The number of aromatic nitrogens is 2. The van der Waals surface area contributed by atoms with Crippen LogP contribution in [0, 0.1) is 0 Å². The maximum absolute atomic E-state index is 12.4. The largest absolute Gasteiger partial charge is 0.492 e. The number of likely N-dealkylation sites (N-methyl/N-ethyl adjacent to an activating group) is 1. The van der Waals surface area contributed by atoms with Gasteiger partial charge in [0.15, 0.2) is 0 Å². The van der Waals surface area contributed by atoms with Crippen LogP contribution in [-0.4, -0.2) is 40.1 Å². The van der Waals surface area contributed by atoms with E-state index in [2.05, 4.69) is 0 Å². The fourth-order valence-electron chi connectivity index (χ4n) is 2.96. The second-order valence-corrected chi connectivity index (χ2v) is 6.79. The summed E-state index contributed by atoms with van der Waals surface area (Å²) >= 11 is 5.92. The standard InChI is InChI=1S/C20H22ClN3O3/c1-22(12-13-27-16-7-5-6-15(21)14-16)19(25)10-11-24-18-9-4-3-8-17(18)23(2)20(24)26/h3-9,14H,10-13H2,1-2H3. The first kappa shape index (κ1) is 19.0. The van der Waals surface area contributed by atoms with Gasteiger partial charge in [0.25, 0.3) is 0 Å². The lowest BCUT2D eigenvalue weighted by Gasteiger charge is -2.17. The van der Waals surface area contributed by atoms with Gasteiger partial charge < -0.3 is 9.64 Å². The summed E-state index contributed by atoms with van der Waals surface area (Å²) in [5, 5.41) is 0.609. The number of amides is 1. The van der Waals surface area contributed by atoms with Crippen LogP contribution in [0.1, 0.15) is 6.42 Å². The molecule has 7 heteroatoms. The fraction of sp³-hybridized carbons (Fsp3) is 0.300. The molecule has 0 saturated carbocycles. The smallest absolute Gasteiger partial charge is 0.328 e. The van der Waals surface area contributed by atoms with Crippen molar-refractivity contribution in [3.63, 3.8) is 0 Å². The molecule has 1 amide bonds. The summed E-state index contributed by atoms with van der Waals surface area (Å²) in [5.41, 5.74) is 1.58. The van der Waals surface area contributed by atoms with Crippen LogP contribution >= 0.6 is 11.6 Å². The number of hydrogen-bond acceptors (Lipinski definition) is 3. The first-order valence-electron chi connectivity index (χ1n) is 8.74. The maximum Gasteiger partial charge on any atom is 0.328 e. The predicted molar refractivity (Wildman–Crippen MR) is 106 cm³/mol. The number of para-hydroxylation sites is 2. The minimum absolute atomic E-state index is 0.0375. The Morgan fingerprint density at radius 2 is 1.89 bits per heavy atom. The topological polar surface area (TPSA) is 56.5 Å². The summed E-state index contributed by atoms with van der Waals surface area (Å²) in [6.45, 7) is 1.17. The third-order valence-corrected chi connectivity index (χ3v) is 4.75. The molecule has 3 aromatic rings. The second-order valence-electron chi connectivity index (χ2n) is 6.35. The van der Waals surface area contributed by atoms with Gasteiger partial charge in [-0.3, -0.25) is 13.9 Å². The van der Waals surface area contributed by atoms with Crippen molar-refractivity contribution < 1.29 is 9.53 Å². The van der Waals surface area contributed by atoms with E-state index >= 15 is 0 Å². The van der Waals surface area contributed by atoms with Crippen molar-refractivity contribution in [3.05, 3.63) is 64.0 Å². The van der Waals surface area contributed by atoms with Gasteiger partial charge in [0.1, 0.15) is 12.4 Å². The molecule has 3 rings (SSSR count). The van der Waals surface area contributed by atoms with Crippen LogP contribution in [0.2, 0.25) is 5.02 Å². The molecule has 1 heterocycles. The Hall–Kier alpha value is -2.73. The van der Waals surface area contributed by atoms with Gasteiger partial charge in [0.05, 0.1) is 17.6 Å². The predicted octanol–water partition coefficient (Wildman–Crippen LogP) is 2.92. The van der Waals surface area contributed by atoms with E-state index < -0.39 is 0 Å². The number of nitrogens with zero attached hydrogens (tertiary/aromatic N) is 3. The van der Waals surface area contributed by atoms with E-state index in [1.807, 2.05) is 36.4 Å². The molecule has 27 heavy (non-hydrogen) atoms. The van der Waals surface area contributed by atoms with Gasteiger partial charge in [-0.2, -0.15) is 0 Å². The van der Waals surface area contributed by atoms with E-state index in [1.165, 1.54) is 0 Å². The molecule has 0 aliphatic heterocycles. The van der Waals surface area contributed by atoms with Crippen molar-refractivity contribution in [1.82, 2.24) is 14.0 Å². The molecule has 0 saturated heterocycles. The highest BCUT2D eigenvalue weighted by atomic mass is 35.5. The van der Waals surface area contributed by atoms with Gasteiger partial charge in [-0.15, -0.1) is 0 Å². The number of carbonyl (C=O) groups excluding carboxylic acids is 1. The van der Waals surface area contributed by atoms with Crippen LogP contribution in [0.15, 0.2) is 53.3 Å². The number of ether oxygens (including phenoxy) is 1. The molecular formula is C20H22ClN3O3. The molecule has 0 fully saturated rings. The van der Waals surface area contributed by atoms with E-state index in [0.29, 0.717) is 30.5 Å². The summed E-state index contributed by atoms with van der Waals surface area (Å²) < 4.78 is 8.86. The van der Waals surface area contributed by atoms with E-state index in [4.69, 9.17) is 16.3 Å². The maximum atomic E-state index is 12.4. The minimum atomic E-state index is -0.115. The lowest BCUT2D eigenvalue weighted by Crippen LogP contribution is -2.32. The molecule has 0 atom stereocenters. The van der Waals surface area contributed by atoms with Gasteiger partial charge in [0.2, 0.25) is 5.91 Å². The minimum Gasteiger partial charge on any atom is -0.492 e. The van der Waals surface area contributed by atoms with Crippen LogP contribution < -0.4 is 10.4 Å². The van der Waals surface area contributed by atoms with Crippen molar-refractivity contribution in [3.8, 4) is 5.75 Å². The van der Waals surface area contributed by atoms with Crippen molar-refractivity contribution in [2.75, 3.05) is 20.2 Å². The summed E-state index contributed by atoms with van der Waals surface area (Å²) in [6.07, 6.45) is 0.252. The number of benzene rings is 2. The first-order valence-corrected chi connectivity index (χ1v) is 9.12. The normalized spacial score (nSPS) is 10.9. The molecule has 0 N–H and O–H groups in total. The Kier molecular flexibility index (Phi) is 5.86. The fourth-order valence-corrected chi connectivity index (χ4v) is 3.14. The van der Waals surface area contributed by atoms with Crippen LogP contribution in [0.4, 0.5) is 0 Å². The number of imidazole rings is 1. The van der Waals surface area contributed by atoms with Crippen LogP contribution in [0.25, 0.3) is 11.0 Å². The number of fused-ring (bicyclic) bond motifs is 1. The zero-order valence-electron chi connectivity index (χ0n) is 15.4. The van der Waals surface area contributed by atoms with Gasteiger partial charge in [-0.1, -0.05) is 29.8 Å². The van der Waals surface area contributed by atoms with Crippen molar-refractivity contribution >= 4 is 28.5 Å². The van der Waals surface area contributed by atoms with Gasteiger partial charge in [-0.05, 0) is 30.3 Å². The number of halogens is 1. The molecule has 0 spiro atoms. The third kappa shape index (κ3) is 4.34. The van der Waals surface area contributed by atoms with E-state index in [0.717, 1.165) is 11.0 Å². The van der Waals surface area contributed by atoms with E-state index in [1.54, 1.807) is 40.3 Å². The Labute approximate surface area is 162 Å². The van der Waals surface area contributed by atoms with Crippen molar-refractivity contribution in [2.45, 2.75) is 13.0 Å². The van der Waals surface area contributed by atoms with Crippen LogP contribution in [0.3, 0.4) is 0 Å². The zero-order valence-corrected chi connectivity index (χ0v) is 16.1. The van der Waals surface area contributed by atoms with E-state index in [9.17, 15) is 9.59 Å². The number of hydrogen-bond donors (Lipinski definition) is 0. The molecule has 0 bridgehead atoms. The molecule has 6 nitrogen and oxygen atoms in total. The first-order chi connectivity index (χ1) is 13.0. The Bertz CT molecular complexity index is 1010. The lowest BCUT2D eigenvalue weighted by molar-refractivity contribution is -0.130. The summed E-state index contributed by atoms with van der Waals surface area (Å²) in [7, 11) is 3.47. The van der Waals surface area contributed by atoms with Crippen LogP contribution in [-0.2, 0) is 18.4 Å². The highest BCUT2D eigenvalue weighted by Crippen LogP contribution is 2.17. The number of rotatable bonds is 7. The molecule has 0 aliphatic rings. The highest BCUT2D eigenvalue weighted by Gasteiger charge is 2.13. The second kappa shape index (κ2) is 8.31. The quantitative estimate of drug-likeness (QED) is 0.626. The average Bonchev–Trinajstić information content (AvgIpc) is 2.90. The summed E-state index contributed by atoms with van der Waals surface area (Å²) in [6, 6.07) is 14.7. The molecular weight excluding hydrogens is 366 g/mol. The van der Waals surface area contributed by atoms with Gasteiger partial charge in [-0.25, -0.2) is 4.79 Å². The Morgan fingerprint density at radius 1 is 1.15 bits per heavy atom. The average molecular weight is 388 g/mol. The number of aryl methyl sites for hydroxylation is 2. The Morgan fingerprint density at radius 3 is 2.63 bits per heavy atom. The molecule has 0 radical (unpaired) electrons. The zero-order chi connectivity index (χ0) is 19.4. The molecule has 1 aromatic heterocycles. The lowest BCUT2D eigenvalue weighted by atomic mass is 10.3. The molecule has 0 unspecified atom stereocenters. The summed E-state index contributed by atoms with van der Waals surface area (Å²) in [4.78, 5) is 26.4. The monoisotopic (exact) mass is 387 g/mol. The van der Waals surface area contributed by atoms with Crippen molar-refractivity contribution in [2.24, 2.45) is 7.05 Å². The highest BCUT2D eigenvalue weighted by molar-refractivity contribution is 6.30. The number of carbonyl (C=O) groups is 1.